The number of piperazine rings is 1. The van der Waals surface area contributed by atoms with Crippen molar-refractivity contribution in [3.05, 3.63) is 65.7 Å². The predicted octanol–water partition coefficient (Wildman–Crippen LogP) is 2.85. The first-order valence-electron chi connectivity index (χ1n) is 9.05. The maximum Gasteiger partial charge on any atom is 0.410 e. The lowest BCUT2D eigenvalue weighted by Gasteiger charge is -2.34. The van der Waals surface area contributed by atoms with E-state index in [1.807, 2.05) is 61.5 Å². The van der Waals surface area contributed by atoms with E-state index in [1.54, 1.807) is 9.80 Å². The molecule has 27 heavy (non-hydrogen) atoms. The van der Waals surface area contributed by atoms with Gasteiger partial charge in [-0.2, -0.15) is 0 Å². The number of nitrogens with zero attached hydrogens (tertiary/aromatic N) is 2. The van der Waals surface area contributed by atoms with Gasteiger partial charge in [0, 0.05) is 26.2 Å². The molecule has 0 radical (unpaired) electrons. The van der Waals surface area contributed by atoms with E-state index in [0.29, 0.717) is 31.9 Å². The molecule has 6 nitrogen and oxygen atoms in total. The van der Waals surface area contributed by atoms with Crippen LogP contribution in [0, 0.1) is 6.92 Å². The number of hydrogen-bond acceptors (Lipinski definition) is 4. The molecule has 0 saturated carbocycles. The van der Waals surface area contributed by atoms with Gasteiger partial charge in [-0.15, -0.1) is 0 Å². The molecule has 0 bridgehead atoms. The van der Waals surface area contributed by atoms with Crippen molar-refractivity contribution in [3.63, 3.8) is 0 Å². The lowest BCUT2D eigenvalue weighted by molar-refractivity contribution is -0.135. The summed E-state index contributed by atoms with van der Waals surface area (Å²) in [6, 6.07) is 17.2. The van der Waals surface area contributed by atoms with Crippen LogP contribution in [0.1, 0.15) is 11.1 Å². The molecule has 1 saturated heterocycles. The Hall–Kier alpha value is -3.02. The topological polar surface area (TPSA) is 59.1 Å². The third-order valence-corrected chi connectivity index (χ3v) is 4.54. The lowest BCUT2D eigenvalue weighted by atomic mass is 10.2. The number of hydrogen-bond donors (Lipinski definition) is 0. The molecule has 0 atom stereocenters. The Labute approximate surface area is 159 Å². The van der Waals surface area contributed by atoms with Crippen LogP contribution in [-0.2, 0) is 16.1 Å². The minimum atomic E-state index is -0.345. The molecule has 6 heteroatoms. The number of aryl methyl sites for hydroxylation is 1. The van der Waals surface area contributed by atoms with E-state index in [-0.39, 0.29) is 25.2 Å². The number of carbonyl (C=O) groups is 2. The average molecular weight is 368 g/mol. The lowest BCUT2D eigenvalue weighted by Crippen LogP contribution is -2.51. The standard InChI is InChI=1S/C21H24N2O4/c1-17-7-5-6-10-19(17)26-16-20(24)22-11-13-23(14-12-22)21(25)27-15-18-8-3-2-4-9-18/h2-10H,11-16H2,1H3. The Balaban J connectivity index is 1.40. The van der Waals surface area contributed by atoms with Gasteiger partial charge in [0.2, 0.25) is 0 Å². The zero-order valence-corrected chi connectivity index (χ0v) is 15.5. The van der Waals surface area contributed by atoms with E-state index < -0.39 is 0 Å². The van der Waals surface area contributed by atoms with Gasteiger partial charge in [-0.05, 0) is 24.1 Å². The van der Waals surface area contributed by atoms with Gasteiger partial charge in [-0.3, -0.25) is 4.79 Å². The van der Waals surface area contributed by atoms with Crippen molar-refractivity contribution in [1.29, 1.82) is 0 Å². The molecule has 0 aromatic heterocycles. The summed E-state index contributed by atoms with van der Waals surface area (Å²) in [5.41, 5.74) is 1.95. The number of amides is 2. The largest absolute Gasteiger partial charge is 0.484 e. The summed E-state index contributed by atoms with van der Waals surface area (Å²) in [7, 11) is 0. The molecule has 1 fully saturated rings. The van der Waals surface area contributed by atoms with Gasteiger partial charge in [0.05, 0.1) is 0 Å². The van der Waals surface area contributed by atoms with Gasteiger partial charge in [0.1, 0.15) is 12.4 Å². The van der Waals surface area contributed by atoms with Crippen molar-refractivity contribution in [2.75, 3.05) is 32.8 Å². The van der Waals surface area contributed by atoms with Crippen LogP contribution in [0.5, 0.6) is 5.75 Å². The van der Waals surface area contributed by atoms with Crippen LogP contribution < -0.4 is 4.74 Å². The molecular weight excluding hydrogens is 344 g/mol. The maximum absolute atomic E-state index is 12.3. The zero-order valence-electron chi connectivity index (χ0n) is 15.5. The molecule has 0 aliphatic carbocycles. The average Bonchev–Trinajstić information content (AvgIpc) is 2.72. The number of para-hydroxylation sites is 1. The van der Waals surface area contributed by atoms with Gasteiger partial charge < -0.3 is 19.3 Å². The maximum atomic E-state index is 12.3. The van der Waals surface area contributed by atoms with E-state index in [9.17, 15) is 9.59 Å². The highest BCUT2D eigenvalue weighted by molar-refractivity contribution is 5.78. The first-order chi connectivity index (χ1) is 13.1. The van der Waals surface area contributed by atoms with Crippen molar-refractivity contribution in [2.45, 2.75) is 13.5 Å². The number of rotatable bonds is 5. The number of carbonyl (C=O) groups excluding carboxylic acids is 2. The Morgan fingerprint density at radius 2 is 1.52 bits per heavy atom. The van der Waals surface area contributed by atoms with Crippen LogP contribution >= 0.6 is 0 Å². The van der Waals surface area contributed by atoms with E-state index in [2.05, 4.69) is 0 Å². The molecule has 1 aliphatic rings. The first-order valence-corrected chi connectivity index (χ1v) is 9.05. The molecule has 1 heterocycles. The summed E-state index contributed by atoms with van der Waals surface area (Å²) in [5.74, 6) is 0.643. The third-order valence-electron chi connectivity index (χ3n) is 4.54. The summed E-state index contributed by atoms with van der Waals surface area (Å²) in [5, 5.41) is 0. The SMILES string of the molecule is Cc1ccccc1OCC(=O)N1CCN(C(=O)OCc2ccccc2)CC1. The van der Waals surface area contributed by atoms with Crippen molar-refractivity contribution in [2.24, 2.45) is 0 Å². The van der Waals surface area contributed by atoms with Crippen LogP contribution in [0.4, 0.5) is 4.79 Å². The van der Waals surface area contributed by atoms with E-state index >= 15 is 0 Å². The van der Waals surface area contributed by atoms with Crippen molar-refractivity contribution >= 4 is 12.0 Å². The molecule has 1 aliphatic heterocycles. The van der Waals surface area contributed by atoms with Gasteiger partial charge in [0.15, 0.2) is 6.61 Å². The Bertz CT molecular complexity index is 771. The van der Waals surface area contributed by atoms with Gasteiger partial charge >= 0.3 is 6.09 Å². The smallest absolute Gasteiger partial charge is 0.410 e. The molecule has 2 aromatic carbocycles. The molecule has 0 spiro atoms. The van der Waals surface area contributed by atoms with E-state index in [1.165, 1.54) is 0 Å². The first kappa shape index (κ1) is 18.8. The zero-order chi connectivity index (χ0) is 19.1. The number of benzene rings is 2. The molecule has 2 amide bonds. The van der Waals surface area contributed by atoms with Gasteiger partial charge in [-0.25, -0.2) is 4.79 Å². The minimum absolute atomic E-state index is 0.00328. The monoisotopic (exact) mass is 368 g/mol. The normalized spacial score (nSPS) is 14.0. The van der Waals surface area contributed by atoms with Crippen LogP contribution in [0.3, 0.4) is 0 Å². The molecule has 0 N–H and O–H groups in total. The molecule has 2 aromatic rings. The van der Waals surface area contributed by atoms with Gasteiger partial charge in [-0.1, -0.05) is 48.5 Å². The summed E-state index contributed by atoms with van der Waals surface area (Å²) >= 11 is 0. The molecule has 0 unspecified atom stereocenters. The Morgan fingerprint density at radius 1 is 0.889 bits per heavy atom. The van der Waals surface area contributed by atoms with Crippen molar-refractivity contribution < 1.29 is 19.1 Å². The Kier molecular flexibility index (Phi) is 6.30. The summed E-state index contributed by atoms with van der Waals surface area (Å²) in [6.45, 7) is 4.09. The number of ether oxygens (including phenoxy) is 2. The fourth-order valence-electron chi connectivity index (χ4n) is 2.90. The second-order valence-corrected chi connectivity index (χ2v) is 6.46. The second-order valence-electron chi connectivity index (χ2n) is 6.46. The fraction of sp³-hybridized carbons (Fsp3) is 0.333. The van der Waals surface area contributed by atoms with Crippen LogP contribution in [0.2, 0.25) is 0 Å². The predicted molar refractivity (Wildman–Crippen MR) is 101 cm³/mol. The quantitative estimate of drug-likeness (QED) is 0.814. The minimum Gasteiger partial charge on any atom is -0.484 e. The second kappa shape index (κ2) is 9.07. The van der Waals surface area contributed by atoms with Crippen molar-refractivity contribution in [3.8, 4) is 5.75 Å². The van der Waals surface area contributed by atoms with E-state index in [4.69, 9.17) is 9.47 Å². The van der Waals surface area contributed by atoms with E-state index in [0.717, 1.165) is 11.1 Å². The van der Waals surface area contributed by atoms with Crippen LogP contribution in [-0.4, -0.2) is 54.6 Å². The fourth-order valence-corrected chi connectivity index (χ4v) is 2.90. The highest BCUT2D eigenvalue weighted by Gasteiger charge is 2.25. The highest BCUT2D eigenvalue weighted by Crippen LogP contribution is 2.16. The third kappa shape index (κ3) is 5.23. The molecule has 142 valence electrons. The highest BCUT2D eigenvalue weighted by atomic mass is 16.6. The van der Waals surface area contributed by atoms with Gasteiger partial charge in [0.25, 0.3) is 5.91 Å². The van der Waals surface area contributed by atoms with Crippen molar-refractivity contribution in [1.82, 2.24) is 9.80 Å². The van der Waals surface area contributed by atoms with Crippen LogP contribution in [0.15, 0.2) is 54.6 Å². The summed E-state index contributed by atoms with van der Waals surface area (Å²) in [4.78, 5) is 27.9. The summed E-state index contributed by atoms with van der Waals surface area (Å²) in [6.07, 6.45) is -0.345. The van der Waals surface area contributed by atoms with Crippen LogP contribution in [0.25, 0.3) is 0 Å². The molecule has 3 rings (SSSR count). The summed E-state index contributed by atoms with van der Waals surface area (Å²) < 4.78 is 11.0. The Morgan fingerprint density at radius 3 is 2.22 bits per heavy atom. The molecular formula is C21H24N2O4.